The zero-order chi connectivity index (χ0) is 21.7. The quantitative estimate of drug-likeness (QED) is 0.680. The molecule has 2 rings (SSSR count). The Hall–Kier alpha value is -2.65. The van der Waals surface area contributed by atoms with Crippen LogP contribution < -0.4 is 9.04 Å². The highest BCUT2D eigenvalue weighted by molar-refractivity contribution is 7.93. The molecular formula is C20H24FNO6S. The van der Waals surface area contributed by atoms with Crippen LogP contribution in [0.3, 0.4) is 0 Å². The summed E-state index contributed by atoms with van der Waals surface area (Å²) < 4.78 is 51.9. The molecule has 0 aliphatic rings. The second kappa shape index (κ2) is 9.23. The molecular weight excluding hydrogens is 401 g/mol. The van der Waals surface area contributed by atoms with Crippen molar-refractivity contribution in [3.05, 3.63) is 54.3 Å². The summed E-state index contributed by atoms with van der Waals surface area (Å²) in [5.41, 5.74) is -1.53. The molecule has 1 N–H and O–H groups in total. The number of carbonyl (C=O) groups is 1. The third-order valence-corrected chi connectivity index (χ3v) is 5.24. The number of aliphatic hydroxyl groups is 1. The summed E-state index contributed by atoms with van der Waals surface area (Å²) >= 11 is 0. The molecule has 0 atom stereocenters. The molecule has 0 unspecified atom stereocenters. The summed E-state index contributed by atoms with van der Waals surface area (Å²) in [5, 5.41) is 8.86. The minimum atomic E-state index is -4.47. The summed E-state index contributed by atoms with van der Waals surface area (Å²) in [7, 11) is -4.47. The number of aliphatic hydroxyl groups excluding tert-OH is 1. The van der Waals surface area contributed by atoms with E-state index in [4.69, 9.17) is 14.6 Å². The first-order valence-corrected chi connectivity index (χ1v) is 10.4. The number of hydrogen-bond donors (Lipinski definition) is 1. The van der Waals surface area contributed by atoms with E-state index in [-0.39, 0.29) is 23.9 Å². The Balaban J connectivity index is 2.56. The molecule has 2 aromatic carbocycles. The Morgan fingerprint density at radius 3 is 2.38 bits per heavy atom. The molecule has 0 fully saturated rings. The molecule has 158 valence electrons. The van der Waals surface area contributed by atoms with Crippen LogP contribution in [0.2, 0.25) is 0 Å². The van der Waals surface area contributed by atoms with Crippen molar-refractivity contribution in [2.24, 2.45) is 0 Å². The van der Waals surface area contributed by atoms with Gasteiger partial charge >= 0.3 is 6.09 Å². The lowest BCUT2D eigenvalue weighted by Crippen LogP contribution is -2.41. The minimum absolute atomic E-state index is 0.0968. The molecule has 2 aromatic rings. The van der Waals surface area contributed by atoms with E-state index in [0.29, 0.717) is 10.7 Å². The Labute approximate surface area is 169 Å². The number of carbonyl (C=O) groups excluding carboxylic acids is 1. The van der Waals surface area contributed by atoms with Gasteiger partial charge in [0.05, 0.1) is 11.5 Å². The van der Waals surface area contributed by atoms with Crippen LogP contribution in [0.1, 0.15) is 27.2 Å². The lowest BCUT2D eigenvalue weighted by atomic mass is 10.2. The second-order valence-corrected chi connectivity index (χ2v) is 8.89. The number of nitrogens with zero attached hydrogens (tertiary/aromatic N) is 1. The van der Waals surface area contributed by atoms with Crippen LogP contribution in [0, 0.1) is 5.82 Å². The predicted octanol–water partition coefficient (Wildman–Crippen LogP) is 3.72. The Morgan fingerprint density at radius 1 is 1.14 bits per heavy atom. The maximum atomic E-state index is 14.6. The van der Waals surface area contributed by atoms with Gasteiger partial charge in [-0.3, -0.25) is 0 Å². The van der Waals surface area contributed by atoms with Crippen molar-refractivity contribution < 1.29 is 32.2 Å². The van der Waals surface area contributed by atoms with E-state index < -0.39 is 33.2 Å². The molecule has 0 saturated carbocycles. The minimum Gasteiger partial charge on any atom is -0.493 e. The molecule has 0 saturated heterocycles. The van der Waals surface area contributed by atoms with Gasteiger partial charge in [-0.05, 0) is 45.0 Å². The second-order valence-electron chi connectivity index (χ2n) is 7.10. The first kappa shape index (κ1) is 22.6. The van der Waals surface area contributed by atoms with Crippen molar-refractivity contribution in [3.8, 4) is 5.75 Å². The van der Waals surface area contributed by atoms with Gasteiger partial charge in [0.25, 0.3) is 10.0 Å². The molecule has 7 nitrogen and oxygen atoms in total. The summed E-state index contributed by atoms with van der Waals surface area (Å²) in [6.07, 6.45) is -0.905. The van der Waals surface area contributed by atoms with Crippen molar-refractivity contribution in [3.63, 3.8) is 0 Å². The molecule has 0 aliphatic heterocycles. The zero-order valence-corrected chi connectivity index (χ0v) is 17.3. The van der Waals surface area contributed by atoms with Crippen LogP contribution in [-0.2, 0) is 14.8 Å². The van der Waals surface area contributed by atoms with Crippen molar-refractivity contribution >= 4 is 21.8 Å². The fourth-order valence-corrected chi connectivity index (χ4v) is 3.66. The fourth-order valence-electron chi connectivity index (χ4n) is 2.32. The molecule has 1 amide bonds. The number of halogens is 1. The van der Waals surface area contributed by atoms with Crippen molar-refractivity contribution in [2.45, 2.75) is 37.7 Å². The van der Waals surface area contributed by atoms with E-state index in [1.54, 1.807) is 26.8 Å². The number of ether oxygens (including phenoxy) is 2. The SMILES string of the molecule is CC(C)(C)OC(=O)N(c1cc(OCCCO)ccc1F)S(=O)(=O)c1ccccc1. The number of rotatable bonds is 7. The third kappa shape index (κ3) is 5.91. The van der Waals surface area contributed by atoms with Gasteiger partial charge < -0.3 is 14.6 Å². The number of benzene rings is 2. The lowest BCUT2D eigenvalue weighted by molar-refractivity contribution is 0.0608. The highest BCUT2D eigenvalue weighted by Gasteiger charge is 2.36. The maximum absolute atomic E-state index is 14.6. The van der Waals surface area contributed by atoms with Gasteiger partial charge in [-0.15, -0.1) is 0 Å². The van der Waals surface area contributed by atoms with Crippen LogP contribution in [0.15, 0.2) is 53.4 Å². The average molecular weight is 425 g/mol. The molecule has 0 radical (unpaired) electrons. The van der Waals surface area contributed by atoms with Gasteiger partial charge in [-0.2, -0.15) is 4.31 Å². The highest BCUT2D eigenvalue weighted by atomic mass is 32.2. The van der Waals surface area contributed by atoms with Crippen molar-refractivity contribution in [2.75, 3.05) is 17.5 Å². The van der Waals surface area contributed by atoms with Gasteiger partial charge in [0.2, 0.25) is 0 Å². The Kier molecular flexibility index (Phi) is 7.21. The molecule has 29 heavy (non-hydrogen) atoms. The van der Waals surface area contributed by atoms with Gasteiger partial charge in [0.15, 0.2) is 0 Å². The fraction of sp³-hybridized carbons (Fsp3) is 0.350. The zero-order valence-electron chi connectivity index (χ0n) is 16.5. The Morgan fingerprint density at radius 2 is 1.79 bits per heavy atom. The molecule has 9 heteroatoms. The summed E-state index contributed by atoms with van der Waals surface area (Å²) in [4.78, 5) is 12.6. The van der Waals surface area contributed by atoms with Gasteiger partial charge in [-0.25, -0.2) is 17.6 Å². The number of sulfonamides is 1. The monoisotopic (exact) mass is 425 g/mol. The number of hydrogen-bond acceptors (Lipinski definition) is 6. The molecule has 0 aromatic heterocycles. The van der Waals surface area contributed by atoms with Crippen molar-refractivity contribution in [1.29, 1.82) is 0 Å². The third-order valence-electron chi connectivity index (χ3n) is 3.55. The molecule has 0 aliphatic carbocycles. The van der Waals surface area contributed by atoms with Gasteiger partial charge in [-0.1, -0.05) is 18.2 Å². The summed E-state index contributed by atoms with van der Waals surface area (Å²) in [5.74, 6) is -0.795. The Bertz CT molecular complexity index is 941. The standard InChI is InChI=1S/C20H24FNO6S/c1-20(2,3)28-19(24)22(29(25,26)16-8-5-4-6-9-16)18-14-15(10-11-17(18)21)27-13-7-12-23/h4-6,8-11,14,23H,7,12-13H2,1-3H3. The number of anilines is 1. The first-order valence-electron chi connectivity index (χ1n) is 8.93. The molecule has 0 bridgehead atoms. The summed E-state index contributed by atoms with van der Waals surface area (Å²) in [6, 6.07) is 10.6. The van der Waals surface area contributed by atoms with Crippen LogP contribution in [0.4, 0.5) is 14.9 Å². The van der Waals surface area contributed by atoms with Crippen molar-refractivity contribution in [1.82, 2.24) is 0 Å². The van der Waals surface area contributed by atoms with E-state index in [9.17, 15) is 17.6 Å². The van der Waals surface area contributed by atoms with Gasteiger partial charge in [0.1, 0.15) is 22.9 Å². The van der Waals surface area contributed by atoms with Gasteiger partial charge in [0, 0.05) is 19.1 Å². The molecule has 0 heterocycles. The van der Waals surface area contributed by atoms with E-state index in [2.05, 4.69) is 0 Å². The topological polar surface area (TPSA) is 93.1 Å². The molecule has 0 spiro atoms. The maximum Gasteiger partial charge on any atom is 0.429 e. The van der Waals surface area contributed by atoms with Crippen LogP contribution in [0.25, 0.3) is 0 Å². The van der Waals surface area contributed by atoms with E-state index in [1.807, 2.05) is 0 Å². The van der Waals surface area contributed by atoms with E-state index in [0.717, 1.165) is 12.1 Å². The smallest absolute Gasteiger partial charge is 0.429 e. The largest absolute Gasteiger partial charge is 0.493 e. The average Bonchev–Trinajstić information content (AvgIpc) is 2.63. The first-order chi connectivity index (χ1) is 13.6. The van der Waals surface area contributed by atoms with Crippen LogP contribution >= 0.6 is 0 Å². The lowest BCUT2D eigenvalue weighted by Gasteiger charge is -2.27. The van der Waals surface area contributed by atoms with E-state index in [1.165, 1.54) is 30.3 Å². The normalized spacial score (nSPS) is 11.8. The predicted molar refractivity (Wildman–Crippen MR) is 106 cm³/mol. The highest BCUT2D eigenvalue weighted by Crippen LogP contribution is 2.31. The van der Waals surface area contributed by atoms with Crippen LogP contribution in [-0.4, -0.2) is 38.4 Å². The van der Waals surface area contributed by atoms with E-state index >= 15 is 0 Å². The summed E-state index contributed by atoms with van der Waals surface area (Å²) in [6.45, 7) is 4.76. The number of amides is 1. The van der Waals surface area contributed by atoms with Crippen LogP contribution in [0.5, 0.6) is 5.75 Å².